The lowest BCUT2D eigenvalue weighted by Gasteiger charge is -2.10. The van der Waals surface area contributed by atoms with Crippen molar-refractivity contribution >= 4 is 18.4 Å². The maximum Gasteiger partial charge on any atom is 0.336 e. The molecule has 102 valence electrons. The van der Waals surface area contributed by atoms with E-state index in [9.17, 15) is 4.79 Å². The molecule has 0 saturated carbocycles. The van der Waals surface area contributed by atoms with Crippen LogP contribution in [0.5, 0.6) is 5.75 Å². The largest absolute Gasteiger partial charge is 0.485 e. The predicted molar refractivity (Wildman–Crippen MR) is 72.9 cm³/mol. The van der Waals surface area contributed by atoms with Gasteiger partial charge in [-0.15, -0.1) is 12.4 Å². The molecule has 0 aliphatic heterocycles. The maximum absolute atomic E-state index is 11.0. The Hall–Kier alpha value is -2.01. The fourth-order valence-corrected chi connectivity index (χ4v) is 1.68. The Labute approximate surface area is 117 Å². The number of carboxylic acids is 1. The Morgan fingerprint density at radius 1 is 1.47 bits per heavy atom. The average Bonchev–Trinajstić information content (AvgIpc) is 2.73. The van der Waals surface area contributed by atoms with Crippen LogP contribution in [0.2, 0.25) is 0 Å². The lowest BCUT2D eigenvalue weighted by molar-refractivity contribution is 0.0695. The second kappa shape index (κ2) is 6.24. The molecule has 0 aliphatic carbocycles. The predicted octanol–water partition coefficient (Wildman–Crippen LogP) is 2.43. The summed E-state index contributed by atoms with van der Waals surface area (Å²) in [7, 11) is 1.88. The first-order valence-electron chi connectivity index (χ1n) is 5.51. The lowest BCUT2D eigenvalue weighted by Crippen LogP contribution is -2.06. The van der Waals surface area contributed by atoms with Crippen molar-refractivity contribution < 1.29 is 14.6 Å². The minimum atomic E-state index is -0.949. The molecule has 0 unspecified atom stereocenters. The van der Waals surface area contributed by atoms with Crippen molar-refractivity contribution in [3.63, 3.8) is 0 Å². The number of halogens is 1. The Kier molecular flexibility index (Phi) is 4.94. The molecule has 0 aliphatic rings. The van der Waals surface area contributed by atoms with Crippen molar-refractivity contribution in [2.45, 2.75) is 13.5 Å². The zero-order chi connectivity index (χ0) is 13.1. The van der Waals surface area contributed by atoms with Crippen molar-refractivity contribution in [1.82, 2.24) is 9.55 Å². The summed E-state index contributed by atoms with van der Waals surface area (Å²) in [5.74, 6) is 0.406. The van der Waals surface area contributed by atoms with Gasteiger partial charge >= 0.3 is 5.97 Å². The van der Waals surface area contributed by atoms with Crippen LogP contribution in [0, 0.1) is 6.92 Å². The molecular formula is C13H15ClN2O3. The van der Waals surface area contributed by atoms with Crippen molar-refractivity contribution in [3.05, 3.63) is 47.5 Å². The van der Waals surface area contributed by atoms with Gasteiger partial charge in [0.15, 0.2) is 0 Å². The Bertz CT molecular complexity index is 581. The molecule has 0 fully saturated rings. The topological polar surface area (TPSA) is 64.4 Å². The number of nitrogens with zero attached hydrogens (tertiary/aromatic N) is 2. The van der Waals surface area contributed by atoms with Crippen LogP contribution >= 0.6 is 12.4 Å². The van der Waals surface area contributed by atoms with Gasteiger partial charge in [-0.25, -0.2) is 9.78 Å². The number of ether oxygens (including phenoxy) is 1. The summed E-state index contributed by atoms with van der Waals surface area (Å²) >= 11 is 0. The molecule has 0 bridgehead atoms. The van der Waals surface area contributed by atoms with E-state index in [-0.39, 0.29) is 18.0 Å². The zero-order valence-corrected chi connectivity index (χ0v) is 11.5. The van der Waals surface area contributed by atoms with Crippen LogP contribution < -0.4 is 4.74 Å². The van der Waals surface area contributed by atoms with Gasteiger partial charge in [0.05, 0.1) is 5.56 Å². The second-order valence-electron chi connectivity index (χ2n) is 3.98. The Morgan fingerprint density at radius 3 is 2.79 bits per heavy atom. The number of benzene rings is 1. The summed E-state index contributed by atoms with van der Waals surface area (Å²) in [6.07, 6.45) is 3.53. The number of aromatic nitrogens is 2. The van der Waals surface area contributed by atoms with Crippen LogP contribution in [0.15, 0.2) is 30.6 Å². The molecule has 0 radical (unpaired) electrons. The van der Waals surface area contributed by atoms with E-state index in [4.69, 9.17) is 9.84 Å². The van der Waals surface area contributed by atoms with Gasteiger partial charge in [-0.2, -0.15) is 0 Å². The molecule has 1 N–H and O–H groups in total. The van der Waals surface area contributed by atoms with Crippen LogP contribution in [0.4, 0.5) is 0 Å². The van der Waals surface area contributed by atoms with E-state index in [1.54, 1.807) is 31.3 Å². The molecule has 0 amide bonds. The highest BCUT2D eigenvalue weighted by Crippen LogP contribution is 2.22. The quantitative estimate of drug-likeness (QED) is 0.935. The molecule has 5 nitrogen and oxygen atoms in total. The summed E-state index contributed by atoms with van der Waals surface area (Å²) in [5, 5.41) is 9.01. The van der Waals surface area contributed by atoms with Crippen molar-refractivity contribution in [2.75, 3.05) is 0 Å². The van der Waals surface area contributed by atoms with Crippen LogP contribution in [0.25, 0.3) is 0 Å². The lowest BCUT2D eigenvalue weighted by atomic mass is 10.1. The van der Waals surface area contributed by atoms with Gasteiger partial charge < -0.3 is 14.4 Å². The first-order valence-corrected chi connectivity index (χ1v) is 5.51. The monoisotopic (exact) mass is 282 g/mol. The third-order valence-corrected chi connectivity index (χ3v) is 2.79. The summed E-state index contributed by atoms with van der Waals surface area (Å²) < 4.78 is 7.46. The summed E-state index contributed by atoms with van der Waals surface area (Å²) in [6.45, 7) is 2.05. The standard InChI is InChI=1S/C13H14N2O3.ClH/c1-9-10(13(16)17)4-3-5-11(9)18-8-12-14-6-7-15(12)2;/h3-7H,8H2,1-2H3,(H,16,17);1H. The van der Waals surface area contributed by atoms with E-state index in [1.807, 2.05) is 17.8 Å². The fourth-order valence-electron chi connectivity index (χ4n) is 1.68. The van der Waals surface area contributed by atoms with E-state index < -0.39 is 5.97 Å². The molecule has 0 atom stereocenters. The minimum absolute atomic E-state index is 0. The summed E-state index contributed by atoms with van der Waals surface area (Å²) in [5.41, 5.74) is 0.881. The average molecular weight is 283 g/mol. The highest BCUT2D eigenvalue weighted by Gasteiger charge is 2.11. The third-order valence-electron chi connectivity index (χ3n) is 2.79. The molecule has 2 aromatic rings. The number of carboxylic acid groups (broad SMARTS) is 1. The molecule has 1 aromatic heterocycles. The van der Waals surface area contributed by atoms with E-state index in [0.29, 0.717) is 17.9 Å². The van der Waals surface area contributed by atoms with E-state index in [0.717, 1.165) is 5.82 Å². The highest BCUT2D eigenvalue weighted by atomic mass is 35.5. The maximum atomic E-state index is 11.0. The number of hydrogen-bond acceptors (Lipinski definition) is 3. The number of aryl methyl sites for hydroxylation is 1. The van der Waals surface area contributed by atoms with E-state index in [1.165, 1.54) is 0 Å². The normalized spacial score (nSPS) is 9.79. The number of aromatic carboxylic acids is 1. The molecule has 2 rings (SSSR count). The molecule has 1 heterocycles. The van der Waals surface area contributed by atoms with Crippen LogP contribution in [-0.2, 0) is 13.7 Å². The van der Waals surface area contributed by atoms with Gasteiger partial charge in [0.1, 0.15) is 18.2 Å². The number of hydrogen-bond donors (Lipinski definition) is 1. The third kappa shape index (κ3) is 3.26. The molecule has 19 heavy (non-hydrogen) atoms. The van der Waals surface area contributed by atoms with E-state index >= 15 is 0 Å². The van der Waals surface area contributed by atoms with Crippen molar-refractivity contribution in [3.8, 4) is 5.75 Å². The Balaban J connectivity index is 0.00000180. The van der Waals surface area contributed by atoms with Gasteiger partial charge in [0.25, 0.3) is 0 Å². The first kappa shape index (κ1) is 15.0. The molecular weight excluding hydrogens is 268 g/mol. The Morgan fingerprint density at radius 2 is 2.21 bits per heavy atom. The molecule has 1 aromatic carbocycles. The van der Waals surface area contributed by atoms with Gasteiger partial charge in [0, 0.05) is 25.0 Å². The number of imidazole rings is 1. The zero-order valence-electron chi connectivity index (χ0n) is 10.7. The SMILES string of the molecule is Cc1c(OCc2nccn2C)cccc1C(=O)O.Cl. The highest BCUT2D eigenvalue weighted by molar-refractivity contribution is 5.90. The fraction of sp³-hybridized carbons (Fsp3) is 0.231. The van der Waals surface area contributed by atoms with Gasteiger partial charge in [-0.3, -0.25) is 0 Å². The van der Waals surface area contributed by atoms with Crippen LogP contribution in [0.1, 0.15) is 21.7 Å². The first-order chi connectivity index (χ1) is 8.59. The van der Waals surface area contributed by atoms with Crippen molar-refractivity contribution in [1.29, 1.82) is 0 Å². The molecule has 0 spiro atoms. The molecule has 6 heteroatoms. The summed E-state index contributed by atoms with van der Waals surface area (Å²) in [6, 6.07) is 4.99. The van der Waals surface area contributed by atoms with Crippen molar-refractivity contribution in [2.24, 2.45) is 7.05 Å². The van der Waals surface area contributed by atoms with Gasteiger partial charge in [-0.05, 0) is 19.1 Å². The number of carbonyl (C=O) groups is 1. The van der Waals surface area contributed by atoms with Crippen LogP contribution in [-0.4, -0.2) is 20.6 Å². The number of rotatable bonds is 4. The minimum Gasteiger partial charge on any atom is -0.485 e. The smallest absolute Gasteiger partial charge is 0.336 e. The van der Waals surface area contributed by atoms with Gasteiger partial charge in [0.2, 0.25) is 0 Å². The van der Waals surface area contributed by atoms with E-state index in [2.05, 4.69) is 4.98 Å². The van der Waals surface area contributed by atoms with Gasteiger partial charge in [-0.1, -0.05) is 6.07 Å². The second-order valence-corrected chi connectivity index (χ2v) is 3.98. The molecule has 0 saturated heterocycles. The summed E-state index contributed by atoms with van der Waals surface area (Å²) in [4.78, 5) is 15.1. The van der Waals surface area contributed by atoms with Crippen LogP contribution in [0.3, 0.4) is 0 Å².